The highest BCUT2D eigenvalue weighted by Gasteiger charge is 2.12. The third-order valence-corrected chi connectivity index (χ3v) is 4.62. The summed E-state index contributed by atoms with van der Waals surface area (Å²) >= 11 is 0. The second-order valence-corrected chi connectivity index (χ2v) is 6.78. The first-order chi connectivity index (χ1) is 13.7. The van der Waals surface area contributed by atoms with Gasteiger partial charge in [-0.05, 0) is 24.1 Å². The second kappa shape index (κ2) is 9.93. The summed E-state index contributed by atoms with van der Waals surface area (Å²) in [6.07, 6.45) is -0.552. The van der Waals surface area contributed by atoms with Crippen LogP contribution in [0, 0.1) is 6.92 Å². The van der Waals surface area contributed by atoms with E-state index >= 15 is 0 Å². The van der Waals surface area contributed by atoms with Crippen LogP contribution < -0.4 is 14.8 Å². The number of aliphatic hydroxyl groups is 1. The molecule has 0 saturated heterocycles. The zero-order chi connectivity index (χ0) is 19.8. The monoisotopic (exact) mass is 377 g/mol. The number of aryl methyl sites for hydroxylation is 1. The van der Waals surface area contributed by atoms with Gasteiger partial charge in [-0.25, -0.2) is 0 Å². The molecule has 0 heterocycles. The summed E-state index contributed by atoms with van der Waals surface area (Å²) in [5, 5.41) is 13.6. The predicted molar refractivity (Wildman–Crippen MR) is 112 cm³/mol. The molecule has 4 nitrogen and oxygen atoms in total. The third-order valence-electron chi connectivity index (χ3n) is 4.62. The maximum absolute atomic E-state index is 10.3. The number of aliphatic hydroxyl groups excluding tert-OH is 1. The number of hydrogen-bond acceptors (Lipinski definition) is 4. The number of methoxy groups -OCH3 is 1. The van der Waals surface area contributed by atoms with Crippen molar-refractivity contribution >= 4 is 0 Å². The minimum atomic E-state index is -0.552. The van der Waals surface area contributed by atoms with Crippen LogP contribution in [-0.4, -0.2) is 18.8 Å². The summed E-state index contributed by atoms with van der Waals surface area (Å²) in [5.74, 6) is 1.43. The molecule has 3 aromatic carbocycles. The number of ether oxygens (including phenoxy) is 2. The Balaban J connectivity index is 1.64. The molecule has 0 saturated carbocycles. The van der Waals surface area contributed by atoms with Crippen LogP contribution in [0.15, 0.2) is 72.8 Å². The first kappa shape index (κ1) is 19.9. The lowest BCUT2D eigenvalue weighted by molar-refractivity contribution is 0.174. The quantitative estimate of drug-likeness (QED) is 0.580. The number of benzene rings is 3. The first-order valence-corrected chi connectivity index (χ1v) is 9.45. The van der Waals surface area contributed by atoms with Gasteiger partial charge < -0.3 is 19.9 Å². The fourth-order valence-corrected chi connectivity index (χ4v) is 3.00. The molecule has 0 fully saturated rings. The van der Waals surface area contributed by atoms with Crippen LogP contribution in [0.1, 0.15) is 28.4 Å². The van der Waals surface area contributed by atoms with Crippen LogP contribution in [0.4, 0.5) is 0 Å². The average molecular weight is 377 g/mol. The van der Waals surface area contributed by atoms with Gasteiger partial charge in [-0.1, -0.05) is 72.3 Å². The molecule has 3 aromatic rings. The fraction of sp³-hybridized carbons (Fsp3) is 0.250. The molecular formula is C24H27NO3. The van der Waals surface area contributed by atoms with Crippen molar-refractivity contribution in [2.75, 3.05) is 13.7 Å². The van der Waals surface area contributed by atoms with Gasteiger partial charge in [0.2, 0.25) is 0 Å². The molecule has 0 aromatic heterocycles. The van der Waals surface area contributed by atoms with Gasteiger partial charge in [0, 0.05) is 18.7 Å². The molecule has 2 N–H and O–H groups in total. The molecule has 4 heteroatoms. The fourth-order valence-electron chi connectivity index (χ4n) is 3.00. The minimum absolute atomic E-state index is 0.457. The van der Waals surface area contributed by atoms with E-state index in [0.29, 0.717) is 25.4 Å². The van der Waals surface area contributed by atoms with E-state index in [1.54, 1.807) is 7.11 Å². The van der Waals surface area contributed by atoms with Gasteiger partial charge in [-0.3, -0.25) is 0 Å². The molecule has 1 atom stereocenters. The van der Waals surface area contributed by atoms with E-state index in [1.807, 2.05) is 48.5 Å². The Kier molecular flexibility index (Phi) is 7.06. The van der Waals surface area contributed by atoms with Crippen LogP contribution >= 0.6 is 0 Å². The lowest BCUT2D eigenvalue weighted by Gasteiger charge is -2.17. The Hall–Kier alpha value is -2.82. The highest BCUT2D eigenvalue weighted by atomic mass is 16.5. The van der Waals surface area contributed by atoms with Crippen molar-refractivity contribution in [3.8, 4) is 11.5 Å². The van der Waals surface area contributed by atoms with E-state index in [4.69, 9.17) is 9.47 Å². The van der Waals surface area contributed by atoms with Crippen LogP contribution in [0.5, 0.6) is 11.5 Å². The first-order valence-electron chi connectivity index (χ1n) is 9.45. The molecule has 0 aliphatic carbocycles. The lowest BCUT2D eigenvalue weighted by Crippen LogP contribution is -2.21. The number of rotatable bonds is 9. The molecule has 0 bridgehead atoms. The van der Waals surface area contributed by atoms with Gasteiger partial charge in [-0.15, -0.1) is 0 Å². The van der Waals surface area contributed by atoms with Crippen molar-refractivity contribution in [1.29, 1.82) is 0 Å². The summed E-state index contributed by atoms with van der Waals surface area (Å²) < 4.78 is 11.6. The number of hydrogen-bond donors (Lipinski definition) is 2. The number of para-hydroxylation sites is 1. The molecule has 0 radical (unpaired) electrons. The normalized spacial score (nSPS) is 11.8. The Bertz CT molecular complexity index is 863. The van der Waals surface area contributed by atoms with E-state index in [2.05, 4.69) is 36.5 Å². The van der Waals surface area contributed by atoms with Gasteiger partial charge in [0.05, 0.1) is 13.2 Å². The van der Waals surface area contributed by atoms with Crippen LogP contribution in [0.2, 0.25) is 0 Å². The smallest absolute Gasteiger partial charge is 0.166 e. The van der Waals surface area contributed by atoms with Crippen molar-refractivity contribution in [3.05, 3.63) is 95.1 Å². The maximum Gasteiger partial charge on any atom is 0.166 e. The Labute approximate surface area is 166 Å². The van der Waals surface area contributed by atoms with Gasteiger partial charge in [0.1, 0.15) is 6.61 Å². The van der Waals surface area contributed by atoms with E-state index in [0.717, 1.165) is 22.4 Å². The molecular weight excluding hydrogens is 350 g/mol. The standard InChI is InChI=1S/C24H27NO3/c1-18-11-13-19(14-12-18)17-28-24-21(9-6-10-23(24)27-2)15-25-16-22(26)20-7-4-3-5-8-20/h3-14,22,25-26H,15-17H2,1-2H3/t22-/m1/s1. The van der Waals surface area contributed by atoms with Crippen molar-refractivity contribution in [1.82, 2.24) is 5.32 Å². The SMILES string of the molecule is COc1cccc(CNC[C@@H](O)c2ccccc2)c1OCc1ccc(C)cc1. The van der Waals surface area contributed by atoms with Crippen molar-refractivity contribution in [2.45, 2.75) is 26.2 Å². The van der Waals surface area contributed by atoms with Crippen LogP contribution in [0.25, 0.3) is 0 Å². The molecule has 3 rings (SSSR count). The zero-order valence-corrected chi connectivity index (χ0v) is 16.4. The van der Waals surface area contributed by atoms with Gasteiger partial charge in [0.25, 0.3) is 0 Å². The molecule has 0 unspecified atom stereocenters. The van der Waals surface area contributed by atoms with Crippen LogP contribution in [-0.2, 0) is 13.2 Å². The van der Waals surface area contributed by atoms with Crippen LogP contribution in [0.3, 0.4) is 0 Å². The summed E-state index contributed by atoms with van der Waals surface area (Å²) in [6.45, 7) is 3.57. The minimum Gasteiger partial charge on any atom is -0.493 e. The van der Waals surface area contributed by atoms with Crippen molar-refractivity contribution in [3.63, 3.8) is 0 Å². The summed E-state index contributed by atoms with van der Waals surface area (Å²) in [6, 6.07) is 23.8. The van der Waals surface area contributed by atoms with Crippen molar-refractivity contribution in [2.24, 2.45) is 0 Å². The van der Waals surface area contributed by atoms with E-state index in [1.165, 1.54) is 5.56 Å². The third kappa shape index (κ3) is 5.35. The Morgan fingerprint density at radius 2 is 1.68 bits per heavy atom. The van der Waals surface area contributed by atoms with Gasteiger partial charge >= 0.3 is 0 Å². The topological polar surface area (TPSA) is 50.7 Å². The molecule has 0 aliphatic heterocycles. The lowest BCUT2D eigenvalue weighted by atomic mass is 10.1. The molecule has 0 spiro atoms. The van der Waals surface area contributed by atoms with Gasteiger partial charge in [-0.2, -0.15) is 0 Å². The predicted octanol–water partition coefficient (Wildman–Crippen LogP) is 4.41. The second-order valence-electron chi connectivity index (χ2n) is 6.78. The molecule has 0 aliphatic rings. The Morgan fingerprint density at radius 3 is 2.39 bits per heavy atom. The number of nitrogens with one attached hydrogen (secondary N) is 1. The Morgan fingerprint density at radius 1 is 0.929 bits per heavy atom. The summed E-state index contributed by atoms with van der Waals surface area (Å²) in [7, 11) is 1.64. The average Bonchev–Trinajstić information content (AvgIpc) is 2.74. The molecule has 0 amide bonds. The molecule has 28 heavy (non-hydrogen) atoms. The summed E-state index contributed by atoms with van der Waals surface area (Å²) in [4.78, 5) is 0. The van der Waals surface area contributed by atoms with Crippen molar-refractivity contribution < 1.29 is 14.6 Å². The zero-order valence-electron chi connectivity index (χ0n) is 16.4. The van der Waals surface area contributed by atoms with Gasteiger partial charge in [0.15, 0.2) is 11.5 Å². The largest absolute Gasteiger partial charge is 0.493 e. The van der Waals surface area contributed by atoms with E-state index in [-0.39, 0.29) is 0 Å². The van der Waals surface area contributed by atoms with E-state index in [9.17, 15) is 5.11 Å². The highest BCUT2D eigenvalue weighted by Crippen LogP contribution is 2.32. The summed E-state index contributed by atoms with van der Waals surface area (Å²) in [5.41, 5.74) is 4.22. The van der Waals surface area contributed by atoms with E-state index < -0.39 is 6.10 Å². The molecule has 146 valence electrons. The highest BCUT2D eigenvalue weighted by molar-refractivity contribution is 5.46. The maximum atomic E-state index is 10.3.